The van der Waals surface area contributed by atoms with Crippen molar-refractivity contribution in [3.05, 3.63) is 23.8 Å². The summed E-state index contributed by atoms with van der Waals surface area (Å²) in [6, 6.07) is 0. The second-order valence-electron chi connectivity index (χ2n) is 9.70. The van der Waals surface area contributed by atoms with Gasteiger partial charge in [-0.25, -0.2) is 4.39 Å². The molecular formula is C22H28ClFO4. The molecule has 0 aromatic rings. The van der Waals surface area contributed by atoms with Gasteiger partial charge in [0.05, 0.1) is 4.87 Å². The number of alkyl halides is 2. The van der Waals surface area contributed by atoms with E-state index in [0.717, 1.165) is 5.57 Å². The summed E-state index contributed by atoms with van der Waals surface area (Å²) in [4.78, 5) is 23.2. The fourth-order valence-corrected chi connectivity index (χ4v) is 7.72. The molecule has 8 atom stereocenters. The van der Waals surface area contributed by atoms with Crippen LogP contribution in [-0.2, 0) is 9.59 Å². The molecule has 2 N–H and O–H groups in total. The van der Waals surface area contributed by atoms with Crippen LogP contribution in [0.2, 0.25) is 0 Å². The van der Waals surface area contributed by atoms with Gasteiger partial charge in [0.25, 0.3) is 0 Å². The van der Waals surface area contributed by atoms with E-state index in [9.17, 15) is 19.8 Å². The number of halogens is 2. The summed E-state index contributed by atoms with van der Waals surface area (Å²) in [5.74, 6) is -1.51. The van der Waals surface area contributed by atoms with Crippen LogP contribution in [0.5, 0.6) is 0 Å². The van der Waals surface area contributed by atoms with Gasteiger partial charge in [-0.1, -0.05) is 32.4 Å². The Labute approximate surface area is 169 Å². The van der Waals surface area contributed by atoms with Crippen molar-refractivity contribution in [2.24, 2.45) is 28.6 Å². The first kappa shape index (κ1) is 20.2. The van der Waals surface area contributed by atoms with Crippen LogP contribution in [0.4, 0.5) is 4.39 Å². The molecule has 0 aliphatic heterocycles. The predicted molar refractivity (Wildman–Crippen MR) is 104 cm³/mol. The zero-order chi connectivity index (χ0) is 20.7. The van der Waals surface area contributed by atoms with Crippen LogP contribution in [0.1, 0.15) is 46.5 Å². The third-order valence-electron chi connectivity index (χ3n) is 8.75. The molecule has 0 spiro atoms. The van der Waals surface area contributed by atoms with Crippen LogP contribution in [-0.4, -0.2) is 45.0 Å². The molecule has 0 aromatic carbocycles. The molecule has 4 aliphatic carbocycles. The van der Waals surface area contributed by atoms with Gasteiger partial charge in [-0.2, -0.15) is 0 Å². The Morgan fingerprint density at radius 3 is 2.68 bits per heavy atom. The molecule has 0 amide bonds. The van der Waals surface area contributed by atoms with Crippen LogP contribution in [0.15, 0.2) is 23.8 Å². The molecule has 154 valence electrons. The highest BCUT2D eigenvalue weighted by atomic mass is 35.5. The van der Waals surface area contributed by atoms with E-state index in [2.05, 4.69) is 0 Å². The maximum absolute atomic E-state index is 16.0. The van der Waals surface area contributed by atoms with Crippen molar-refractivity contribution in [1.29, 1.82) is 0 Å². The number of hydrogen-bond donors (Lipinski definition) is 2. The van der Waals surface area contributed by atoms with E-state index in [0.29, 0.717) is 19.3 Å². The lowest BCUT2D eigenvalue weighted by Gasteiger charge is -2.63. The molecule has 3 saturated carbocycles. The summed E-state index contributed by atoms with van der Waals surface area (Å²) in [6.45, 7) is 4.73. The monoisotopic (exact) mass is 410 g/mol. The number of allylic oxidation sites excluding steroid dienone is 4. The first-order valence-electron chi connectivity index (χ1n) is 10.1. The summed E-state index contributed by atoms with van der Waals surface area (Å²) >= 11 is 7.18. The minimum Gasteiger partial charge on any atom is -0.388 e. The van der Waals surface area contributed by atoms with E-state index >= 15 is 4.39 Å². The summed E-state index contributed by atoms with van der Waals surface area (Å²) in [5, 5.41) is 20.9. The standard InChI is InChI=1S/C22H28ClFO4/c1-12-8-16-15-5-4-13-9-14(26)6-7-19(13,2)21(15,23)17(24)10-20(16,3)22(12,28)18(27)11-25/h6-7,9,12,15-17,25,28H,4-5,8,10-11H2,1-3H3/t12-,15+,16+,17+,19+,20+,21+,22+/m1/s1. The minimum atomic E-state index is -1.76. The van der Waals surface area contributed by atoms with Gasteiger partial charge in [-0.3, -0.25) is 9.59 Å². The number of carbonyl (C=O) groups is 2. The molecule has 4 nitrogen and oxygen atoms in total. The van der Waals surface area contributed by atoms with E-state index in [1.807, 2.05) is 6.92 Å². The molecule has 0 bridgehead atoms. The number of hydrogen-bond acceptors (Lipinski definition) is 4. The van der Waals surface area contributed by atoms with Crippen LogP contribution < -0.4 is 0 Å². The number of ketones is 2. The average Bonchev–Trinajstić information content (AvgIpc) is 2.84. The Balaban J connectivity index is 1.84. The van der Waals surface area contributed by atoms with Gasteiger partial charge < -0.3 is 10.2 Å². The van der Waals surface area contributed by atoms with Crippen molar-refractivity contribution >= 4 is 23.2 Å². The summed E-state index contributed by atoms with van der Waals surface area (Å²) in [5.41, 5.74) is -2.66. The molecule has 28 heavy (non-hydrogen) atoms. The molecule has 6 heteroatoms. The molecule has 0 radical (unpaired) electrons. The maximum Gasteiger partial charge on any atom is 0.190 e. The minimum absolute atomic E-state index is 0.0467. The fourth-order valence-electron chi connectivity index (χ4n) is 7.20. The van der Waals surface area contributed by atoms with Gasteiger partial charge in [0.15, 0.2) is 11.6 Å². The lowest BCUT2D eigenvalue weighted by atomic mass is 9.46. The Hall–Kier alpha value is -1.04. The zero-order valence-corrected chi connectivity index (χ0v) is 17.3. The number of carbonyl (C=O) groups excluding carboxylic acids is 2. The van der Waals surface area contributed by atoms with Crippen molar-refractivity contribution in [1.82, 2.24) is 0 Å². The van der Waals surface area contributed by atoms with Crippen molar-refractivity contribution in [2.45, 2.75) is 63.1 Å². The third kappa shape index (κ3) is 2.08. The number of Topliss-reactive ketones (excluding diaryl/α,β-unsaturated/α-hetero) is 1. The zero-order valence-electron chi connectivity index (χ0n) is 16.5. The first-order valence-corrected chi connectivity index (χ1v) is 10.5. The Morgan fingerprint density at radius 2 is 2.04 bits per heavy atom. The van der Waals surface area contributed by atoms with Gasteiger partial charge in [0, 0.05) is 10.8 Å². The molecule has 0 unspecified atom stereocenters. The van der Waals surface area contributed by atoms with E-state index in [-0.39, 0.29) is 30.0 Å². The highest BCUT2D eigenvalue weighted by Gasteiger charge is 2.74. The van der Waals surface area contributed by atoms with Gasteiger partial charge in [0.2, 0.25) is 0 Å². The smallest absolute Gasteiger partial charge is 0.190 e. The quantitative estimate of drug-likeness (QED) is 0.686. The normalized spacial score (nSPS) is 52.5. The van der Waals surface area contributed by atoms with Crippen LogP contribution in [0.3, 0.4) is 0 Å². The van der Waals surface area contributed by atoms with E-state index in [1.54, 1.807) is 26.0 Å². The van der Waals surface area contributed by atoms with Crippen molar-refractivity contribution < 1.29 is 24.2 Å². The Kier molecular flexibility index (Phi) is 4.33. The second-order valence-corrected chi connectivity index (χ2v) is 10.3. The van der Waals surface area contributed by atoms with Gasteiger partial charge >= 0.3 is 0 Å². The third-order valence-corrected chi connectivity index (χ3v) is 9.66. The summed E-state index contributed by atoms with van der Waals surface area (Å²) in [6.07, 6.45) is 5.12. The largest absolute Gasteiger partial charge is 0.388 e. The van der Waals surface area contributed by atoms with Gasteiger partial charge in [-0.05, 0) is 55.6 Å². The second kappa shape index (κ2) is 5.99. The average molecular weight is 411 g/mol. The fraction of sp³-hybridized carbons (Fsp3) is 0.727. The Morgan fingerprint density at radius 1 is 1.36 bits per heavy atom. The van der Waals surface area contributed by atoms with E-state index in [1.165, 1.54) is 6.08 Å². The van der Waals surface area contributed by atoms with E-state index in [4.69, 9.17) is 11.6 Å². The highest BCUT2D eigenvalue weighted by Crippen LogP contribution is 2.71. The molecule has 0 heterocycles. The van der Waals surface area contributed by atoms with E-state index < -0.39 is 39.9 Å². The predicted octanol–water partition coefficient (Wildman–Crippen LogP) is 3.14. The van der Waals surface area contributed by atoms with Crippen LogP contribution >= 0.6 is 11.6 Å². The maximum atomic E-state index is 16.0. The highest BCUT2D eigenvalue weighted by molar-refractivity contribution is 6.26. The molecular weight excluding hydrogens is 383 g/mol. The SMILES string of the molecule is C[C@@H]1C[C@H]2[C@@H]3CCC4=CC(=O)C=C[C@]4(C)[C@@]3(Cl)[C@@H](F)C[C@]2(C)[C@@]1(O)C(=O)CO. The van der Waals surface area contributed by atoms with Crippen LogP contribution in [0.25, 0.3) is 0 Å². The van der Waals surface area contributed by atoms with Gasteiger partial charge in [0.1, 0.15) is 18.4 Å². The number of aliphatic hydroxyl groups excluding tert-OH is 1. The Bertz CT molecular complexity index is 808. The number of aliphatic hydroxyl groups is 2. The lowest BCUT2D eigenvalue weighted by molar-refractivity contribution is -0.174. The molecule has 0 aromatic heterocycles. The topological polar surface area (TPSA) is 74.6 Å². The van der Waals surface area contributed by atoms with Crippen molar-refractivity contribution in [2.75, 3.05) is 6.61 Å². The molecule has 4 aliphatic rings. The van der Waals surface area contributed by atoms with Crippen molar-refractivity contribution in [3.8, 4) is 0 Å². The molecule has 4 rings (SSSR count). The van der Waals surface area contributed by atoms with Gasteiger partial charge in [-0.15, -0.1) is 11.6 Å². The van der Waals surface area contributed by atoms with Crippen LogP contribution in [0, 0.1) is 28.6 Å². The first-order chi connectivity index (χ1) is 13.0. The van der Waals surface area contributed by atoms with Crippen molar-refractivity contribution in [3.63, 3.8) is 0 Å². The summed E-state index contributed by atoms with van der Waals surface area (Å²) < 4.78 is 16.0. The lowest BCUT2D eigenvalue weighted by Crippen LogP contribution is -2.68. The molecule has 3 fully saturated rings. The number of fused-ring (bicyclic) bond motifs is 5. The number of rotatable bonds is 2. The molecule has 0 saturated heterocycles. The summed E-state index contributed by atoms with van der Waals surface area (Å²) in [7, 11) is 0.